The molecule has 52 valence electrons. The van der Waals surface area contributed by atoms with Crippen LogP contribution in [-0.4, -0.2) is 29.8 Å². The maximum Gasteiger partial charge on any atom is 0.332 e. The molecule has 0 spiro atoms. The highest BCUT2D eigenvalue weighted by Crippen LogP contribution is 2.18. The largest absolute Gasteiger partial charge is 0.479 e. The quantitative estimate of drug-likeness (QED) is 0.514. The Bertz CT molecular complexity index is 119. The van der Waals surface area contributed by atoms with Crippen LogP contribution in [0.25, 0.3) is 0 Å². The smallest absolute Gasteiger partial charge is 0.332 e. The molecule has 1 aliphatic rings. The second-order valence-electron chi connectivity index (χ2n) is 2.06. The molecule has 1 aliphatic heterocycles. The highest BCUT2D eigenvalue weighted by atomic mass is 16.5. The lowest BCUT2D eigenvalue weighted by molar-refractivity contribution is -0.177. The van der Waals surface area contributed by atoms with Crippen LogP contribution in [0.15, 0.2) is 0 Å². The van der Waals surface area contributed by atoms with Crippen molar-refractivity contribution in [1.29, 1.82) is 0 Å². The van der Waals surface area contributed by atoms with Crippen LogP contribution in [0.4, 0.5) is 0 Å². The van der Waals surface area contributed by atoms with Gasteiger partial charge in [-0.1, -0.05) is 0 Å². The van der Waals surface area contributed by atoms with Crippen LogP contribution in [0.3, 0.4) is 0 Å². The summed E-state index contributed by atoms with van der Waals surface area (Å²) in [4.78, 5) is 10.1. The summed E-state index contributed by atoms with van der Waals surface area (Å²) in [5, 5.41) is 8.28. The summed E-state index contributed by atoms with van der Waals surface area (Å²) in [7, 11) is 0. The van der Waals surface area contributed by atoms with Gasteiger partial charge in [0.1, 0.15) is 0 Å². The van der Waals surface area contributed by atoms with Crippen LogP contribution in [0.5, 0.6) is 0 Å². The number of carboxylic acid groups (broad SMARTS) is 1. The summed E-state index contributed by atoms with van der Waals surface area (Å²) >= 11 is 0. The summed E-state index contributed by atoms with van der Waals surface area (Å²) in [5.74, 6) is -0.889. The summed E-state index contributed by atoms with van der Waals surface area (Å²) in [6, 6.07) is 0. The van der Waals surface area contributed by atoms with Crippen LogP contribution in [0, 0.1) is 0 Å². The average Bonchev–Trinajstić information content (AvgIpc) is 1.61. The molecular weight excluding hydrogens is 122 g/mol. The predicted molar refractivity (Wildman–Crippen MR) is 30.0 cm³/mol. The summed E-state index contributed by atoms with van der Waals surface area (Å²) in [6.45, 7) is 0.420. The molecule has 0 radical (unpaired) electrons. The molecule has 2 unspecified atom stereocenters. The molecule has 3 N–H and O–H groups in total. The zero-order chi connectivity index (χ0) is 6.85. The van der Waals surface area contributed by atoms with Crippen molar-refractivity contribution >= 4 is 5.97 Å². The first kappa shape index (κ1) is 6.51. The number of carbonyl (C=O) groups is 1. The van der Waals surface area contributed by atoms with Crippen molar-refractivity contribution in [1.82, 2.24) is 0 Å². The summed E-state index contributed by atoms with van der Waals surface area (Å²) in [6.07, 6.45) is -0.0594. The van der Waals surface area contributed by atoms with Gasteiger partial charge in [0.05, 0.1) is 6.10 Å². The summed E-state index contributed by atoms with van der Waals surface area (Å²) < 4.78 is 4.83. The number of hydrogen-bond acceptors (Lipinski definition) is 3. The molecular formula is C5H9NO3. The van der Waals surface area contributed by atoms with E-state index < -0.39 is 12.1 Å². The van der Waals surface area contributed by atoms with Gasteiger partial charge in [-0.05, 0) is 0 Å². The SMILES string of the molecule is NCC1CC(C(=O)O)O1. The van der Waals surface area contributed by atoms with E-state index in [2.05, 4.69) is 0 Å². The number of hydrogen-bond donors (Lipinski definition) is 2. The Balaban J connectivity index is 2.19. The van der Waals surface area contributed by atoms with Gasteiger partial charge in [-0.2, -0.15) is 0 Å². The topological polar surface area (TPSA) is 72.6 Å². The lowest BCUT2D eigenvalue weighted by Gasteiger charge is -2.31. The number of ether oxygens (including phenoxy) is 1. The van der Waals surface area contributed by atoms with Gasteiger partial charge in [0.25, 0.3) is 0 Å². The molecule has 0 saturated carbocycles. The first-order valence-corrected chi connectivity index (χ1v) is 2.82. The third kappa shape index (κ3) is 1.20. The van der Waals surface area contributed by atoms with Gasteiger partial charge in [-0.25, -0.2) is 4.79 Å². The van der Waals surface area contributed by atoms with Gasteiger partial charge in [0, 0.05) is 13.0 Å². The van der Waals surface area contributed by atoms with Crippen LogP contribution in [0.2, 0.25) is 0 Å². The number of carboxylic acids is 1. The van der Waals surface area contributed by atoms with Crippen LogP contribution >= 0.6 is 0 Å². The average molecular weight is 131 g/mol. The third-order valence-electron chi connectivity index (χ3n) is 1.37. The fourth-order valence-electron chi connectivity index (χ4n) is 0.771. The van der Waals surface area contributed by atoms with Crippen molar-refractivity contribution < 1.29 is 14.6 Å². The second kappa shape index (κ2) is 2.33. The molecule has 4 nitrogen and oxygen atoms in total. The molecule has 0 amide bonds. The minimum atomic E-state index is -0.889. The standard InChI is InChI=1S/C5H9NO3/c6-2-3-1-4(9-3)5(7)8/h3-4H,1-2,6H2,(H,7,8). The molecule has 1 heterocycles. The van der Waals surface area contributed by atoms with Gasteiger partial charge in [-0.15, -0.1) is 0 Å². The van der Waals surface area contributed by atoms with E-state index in [9.17, 15) is 4.79 Å². The zero-order valence-electron chi connectivity index (χ0n) is 4.91. The molecule has 0 aliphatic carbocycles. The van der Waals surface area contributed by atoms with Crippen molar-refractivity contribution in [3.05, 3.63) is 0 Å². The van der Waals surface area contributed by atoms with E-state index in [4.69, 9.17) is 15.6 Å². The Morgan fingerprint density at radius 3 is 2.78 bits per heavy atom. The van der Waals surface area contributed by atoms with Crippen molar-refractivity contribution in [3.63, 3.8) is 0 Å². The van der Waals surface area contributed by atoms with Gasteiger partial charge in [0.2, 0.25) is 0 Å². The Labute approximate surface area is 52.6 Å². The van der Waals surface area contributed by atoms with E-state index in [-0.39, 0.29) is 6.10 Å². The Hall–Kier alpha value is -0.610. The van der Waals surface area contributed by atoms with E-state index in [1.807, 2.05) is 0 Å². The molecule has 1 saturated heterocycles. The van der Waals surface area contributed by atoms with Gasteiger partial charge in [0.15, 0.2) is 6.10 Å². The maximum absolute atomic E-state index is 10.1. The number of rotatable bonds is 2. The van der Waals surface area contributed by atoms with Crippen molar-refractivity contribution in [2.75, 3.05) is 6.54 Å². The van der Waals surface area contributed by atoms with Gasteiger partial charge < -0.3 is 15.6 Å². The van der Waals surface area contributed by atoms with E-state index in [1.165, 1.54) is 0 Å². The fraction of sp³-hybridized carbons (Fsp3) is 0.800. The molecule has 0 aromatic heterocycles. The van der Waals surface area contributed by atoms with E-state index in [1.54, 1.807) is 0 Å². The second-order valence-corrected chi connectivity index (χ2v) is 2.06. The monoisotopic (exact) mass is 131 g/mol. The molecule has 9 heavy (non-hydrogen) atoms. The predicted octanol–water partition coefficient (Wildman–Crippen LogP) is -0.813. The number of aliphatic carboxylic acids is 1. The van der Waals surface area contributed by atoms with Crippen molar-refractivity contribution in [2.24, 2.45) is 5.73 Å². The van der Waals surface area contributed by atoms with E-state index in [0.29, 0.717) is 13.0 Å². The zero-order valence-corrected chi connectivity index (χ0v) is 4.91. The summed E-state index contributed by atoms with van der Waals surface area (Å²) in [5.41, 5.74) is 5.18. The third-order valence-corrected chi connectivity index (χ3v) is 1.37. The fourth-order valence-corrected chi connectivity index (χ4v) is 0.771. The Kier molecular flexibility index (Phi) is 1.68. The molecule has 0 aromatic carbocycles. The molecule has 1 fully saturated rings. The highest BCUT2D eigenvalue weighted by Gasteiger charge is 2.34. The van der Waals surface area contributed by atoms with Gasteiger partial charge >= 0.3 is 5.97 Å². The first-order valence-electron chi connectivity index (χ1n) is 2.82. The van der Waals surface area contributed by atoms with Crippen molar-refractivity contribution in [2.45, 2.75) is 18.6 Å². The minimum Gasteiger partial charge on any atom is -0.479 e. The normalized spacial score (nSPS) is 33.4. The molecule has 0 aromatic rings. The van der Waals surface area contributed by atoms with Crippen molar-refractivity contribution in [3.8, 4) is 0 Å². The Morgan fingerprint density at radius 2 is 2.44 bits per heavy atom. The van der Waals surface area contributed by atoms with E-state index >= 15 is 0 Å². The minimum absolute atomic E-state index is 0.0221. The lowest BCUT2D eigenvalue weighted by Crippen LogP contribution is -2.46. The Morgan fingerprint density at radius 1 is 1.89 bits per heavy atom. The van der Waals surface area contributed by atoms with E-state index in [0.717, 1.165) is 0 Å². The lowest BCUT2D eigenvalue weighted by atomic mass is 10.1. The van der Waals surface area contributed by atoms with Crippen LogP contribution < -0.4 is 5.73 Å². The maximum atomic E-state index is 10.1. The highest BCUT2D eigenvalue weighted by molar-refractivity contribution is 5.73. The molecule has 0 bridgehead atoms. The van der Waals surface area contributed by atoms with Gasteiger partial charge in [-0.3, -0.25) is 0 Å². The first-order chi connectivity index (χ1) is 4.24. The van der Waals surface area contributed by atoms with Crippen LogP contribution in [0.1, 0.15) is 6.42 Å². The molecule has 4 heteroatoms. The number of nitrogens with two attached hydrogens (primary N) is 1. The van der Waals surface area contributed by atoms with Crippen LogP contribution in [-0.2, 0) is 9.53 Å². The molecule has 1 rings (SSSR count). The molecule has 2 atom stereocenters.